The molecule has 9 heteroatoms. The summed E-state index contributed by atoms with van der Waals surface area (Å²) in [6.45, 7) is 1.06. The number of morpholine rings is 1. The van der Waals surface area contributed by atoms with Gasteiger partial charge >= 0.3 is 10.2 Å². The number of halogens is 1. The van der Waals surface area contributed by atoms with Gasteiger partial charge in [-0.25, -0.2) is 4.39 Å². The quantitative estimate of drug-likeness (QED) is 0.497. The second-order valence-corrected chi connectivity index (χ2v) is 10.5. The Kier molecular flexibility index (Phi) is 7.49. The van der Waals surface area contributed by atoms with Gasteiger partial charge in [0, 0.05) is 26.2 Å². The number of amides is 1. The first kappa shape index (κ1) is 24.8. The first-order valence-corrected chi connectivity index (χ1v) is 12.7. The van der Waals surface area contributed by atoms with Gasteiger partial charge in [-0.05, 0) is 29.3 Å². The van der Waals surface area contributed by atoms with E-state index >= 15 is 4.39 Å². The van der Waals surface area contributed by atoms with E-state index in [1.807, 2.05) is 36.4 Å². The minimum Gasteiger partial charge on any atom is -0.370 e. The van der Waals surface area contributed by atoms with Crippen molar-refractivity contribution in [2.45, 2.75) is 12.6 Å². The minimum absolute atomic E-state index is 0.0478. The van der Waals surface area contributed by atoms with Crippen molar-refractivity contribution in [3.05, 3.63) is 101 Å². The molecule has 1 aliphatic rings. The molecule has 0 N–H and O–H groups in total. The van der Waals surface area contributed by atoms with Crippen LogP contribution in [0.25, 0.3) is 0 Å². The Balaban J connectivity index is 1.59. The average Bonchev–Trinajstić information content (AvgIpc) is 2.88. The van der Waals surface area contributed by atoms with E-state index in [-0.39, 0.29) is 29.8 Å². The topological polar surface area (TPSA) is 70.2 Å². The highest BCUT2D eigenvalue weighted by atomic mass is 32.2. The van der Waals surface area contributed by atoms with E-state index in [2.05, 4.69) is 0 Å². The van der Waals surface area contributed by atoms with E-state index in [4.69, 9.17) is 4.74 Å². The van der Waals surface area contributed by atoms with Gasteiger partial charge in [0.25, 0.3) is 5.91 Å². The highest BCUT2D eigenvalue weighted by Gasteiger charge is 2.30. The van der Waals surface area contributed by atoms with Crippen molar-refractivity contribution in [2.75, 3.05) is 38.1 Å². The number of rotatable bonds is 7. The van der Waals surface area contributed by atoms with Gasteiger partial charge in [-0.2, -0.15) is 12.7 Å². The second-order valence-electron chi connectivity index (χ2n) is 8.47. The molecule has 4 rings (SSSR count). The summed E-state index contributed by atoms with van der Waals surface area (Å²) in [5.41, 5.74) is 1.71. The molecule has 1 saturated heterocycles. The zero-order valence-corrected chi connectivity index (χ0v) is 20.5. The van der Waals surface area contributed by atoms with Crippen LogP contribution >= 0.6 is 0 Å². The van der Waals surface area contributed by atoms with Crippen molar-refractivity contribution >= 4 is 21.8 Å². The molecule has 3 aromatic rings. The molecule has 0 radical (unpaired) electrons. The first-order valence-electron chi connectivity index (χ1n) is 11.3. The average molecular weight is 498 g/mol. The molecule has 3 aromatic carbocycles. The maximum atomic E-state index is 15.3. The predicted octanol–water partition coefficient (Wildman–Crippen LogP) is 3.85. The molecule has 1 unspecified atom stereocenters. The Labute approximate surface area is 205 Å². The summed E-state index contributed by atoms with van der Waals surface area (Å²) in [5, 5.41) is 0. The summed E-state index contributed by atoms with van der Waals surface area (Å²) in [6, 6.07) is 22.5. The SMILES string of the molecule is CN(C)S(=O)(=O)N(Cc1ccccc1)c1ccc(C(=O)N2CCOC(c3ccccc3)C2)cc1F. The molecule has 184 valence electrons. The van der Waals surface area contributed by atoms with E-state index in [1.165, 1.54) is 26.2 Å². The van der Waals surface area contributed by atoms with Crippen LogP contribution in [-0.4, -0.2) is 57.3 Å². The van der Waals surface area contributed by atoms with E-state index in [0.717, 1.165) is 20.2 Å². The molecular formula is C26H28FN3O4S. The minimum atomic E-state index is -3.99. The Morgan fingerprint density at radius 3 is 2.31 bits per heavy atom. The summed E-state index contributed by atoms with van der Waals surface area (Å²) in [7, 11) is -1.20. The highest BCUT2D eigenvalue weighted by Crippen LogP contribution is 2.28. The number of carbonyl (C=O) groups excluding carboxylic acids is 1. The van der Waals surface area contributed by atoms with Gasteiger partial charge < -0.3 is 9.64 Å². The van der Waals surface area contributed by atoms with E-state index in [1.54, 1.807) is 29.2 Å². The van der Waals surface area contributed by atoms with Crippen LogP contribution in [0.1, 0.15) is 27.6 Å². The number of nitrogens with zero attached hydrogens (tertiary/aromatic N) is 3. The monoisotopic (exact) mass is 497 g/mol. The number of hydrogen-bond acceptors (Lipinski definition) is 4. The van der Waals surface area contributed by atoms with Crippen LogP contribution in [0.2, 0.25) is 0 Å². The Morgan fingerprint density at radius 2 is 1.69 bits per heavy atom. The van der Waals surface area contributed by atoms with Crippen LogP contribution in [0.3, 0.4) is 0 Å². The lowest BCUT2D eigenvalue weighted by atomic mass is 10.1. The first-order chi connectivity index (χ1) is 16.8. The third-order valence-corrected chi connectivity index (χ3v) is 7.70. The fourth-order valence-corrected chi connectivity index (χ4v) is 5.07. The van der Waals surface area contributed by atoms with E-state index in [0.29, 0.717) is 25.3 Å². The summed E-state index contributed by atoms with van der Waals surface area (Å²) in [6.07, 6.45) is -0.260. The van der Waals surface area contributed by atoms with Gasteiger partial charge in [-0.15, -0.1) is 0 Å². The van der Waals surface area contributed by atoms with Gasteiger partial charge in [-0.1, -0.05) is 60.7 Å². The van der Waals surface area contributed by atoms with Gasteiger partial charge in [0.2, 0.25) is 0 Å². The number of benzene rings is 3. The molecule has 0 aliphatic carbocycles. The summed E-state index contributed by atoms with van der Waals surface area (Å²) < 4.78 is 49.3. The fraction of sp³-hybridized carbons (Fsp3) is 0.269. The molecule has 0 spiro atoms. The van der Waals surface area contributed by atoms with Crippen molar-refractivity contribution in [3.63, 3.8) is 0 Å². The molecule has 35 heavy (non-hydrogen) atoms. The normalized spacial score (nSPS) is 16.3. The lowest BCUT2D eigenvalue weighted by Crippen LogP contribution is -2.42. The van der Waals surface area contributed by atoms with Crippen molar-refractivity contribution in [2.24, 2.45) is 0 Å². The lowest BCUT2D eigenvalue weighted by molar-refractivity contribution is -0.0228. The van der Waals surface area contributed by atoms with E-state index in [9.17, 15) is 13.2 Å². The maximum Gasteiger partial charge on any atom is 0.303 e. The van der Waals surface area contributed by atoms with Crippen LogP contribution in [0.4, 0.5) is 10.1 Å². The standard InChI is InChI=1S/C26H28FN3O4S/c1-28(2)35(32,33)30(18-20-9-5-3-6-10-20)24-14-13-22(17-23(24)27)26(31)29-15-16-34-25(19-29)21-11-7-4-8-12-21/h3-14,17,25H,15-16,18-19H2,1-2H3. The van der Waals surface area contributed by atoms with Crippen molar-refractivity contribution < 1.29 is 22.3 Å². The smallest absolute Gasteiger partial charge is 0.303 e. The lowest BCUT2D eigenvalue weighted by Gasteiger charge is -2.33. The number of carbonyl (C=O) groups is 1. The largest absolute Gasteiger partial charge is 0.370 e. The molecule has 7 nitrogen and oxygen atoms in total. The Morgan fingerprint density at radius 1 is 1.03 bits per heavy atom. The summed E-state index contributed by atoms with van der Waals surface area (Å²) >= 11 is 0. The number of ether oxygens (including phenoxy) is 1. The van der Waals surface area contributed by atoms with Crippen LogP contribution in [-0.2, 0) is 21.5 Å². The molecule has 1 amide bonds. The molecular weight excluding hydrogens is 469 g/mol. The molecule has 1 fully saturated rings. The maximum absolute atomic E-state index is 15.3. The number of anilines is 1. The van der Waals surface area contributed by atoms with Crippen molar-refractivity contribution in [1.82, 2.24) is 9.21 Å². The van der Waals surface area contributed by atoms with Crippen LogP contribution < -0.4 is 4.31 Å². The van der Waals surface area contributed by atoms with Gasteiger partial charge in [0.15, 0.2) is 0 Å². The van der Waals surface area contributed by atoms with Gasteiger partial charge in [0.1, 0.15) is 11.9 Å². The van der Waals surface area contributed by atoms with Crippen LogP contribution in [0.15, 0.2) is 78.9 Å². The Hall–Kier alpha value is -3.27. The summed E-state index contributed by atoms with van der Waals surface area (Å²) in [4.78, 5) is 14.8. The predicted molar refractivity (Wildman–Crippen MR) is 133 cm³/mol. The zero-order chi connectivity index (χ0) is 25.0. The highest BCUT2D eigenvalue weighted by molar-refractivity contribution is 7.90. The molecule has 1 aliphatic heterocycles. The Bertz CT molecular complexity index is 1270. The summed E-state index contributed by atoms with van der Waals surface area (Å²) in [5.74, 6) is -1.12. The van der Waals surface area contributed by atoms with Crippen molar-refractivity contribution in [3.8, 4) is 0 Å². The molecule has 0 aromatic heterocycles. The molecule has 1 atom stereocenters. The van der Waals surface area contributed by atoms with Crippen molar-refractivity contribution in [1.29, 1.82) is 0 Å². The molecule has 0 bridgehead atoms. The zero-order valence-electron chi connectivity index (χ0n) is 19.7. The number of hydrogen-bond donors (Lipinski definition) is 0. The van der Waals surface area contributed by atoms with E-state index < -0.39 is 16.0 Å². The molecule has 1 heterocycles. The third-order valence-electron chi connectivity index (χ3n) is 5.90. The second kappa shape index (κ2) is 10.6. The van der Waals surface area contributed by atoms with Crippen LogP contribution in [0, 0.1) is 5.82 Å². The van der Waals surface area contributed by atoms with Gasteiger partial charge in [-0.3, -0.25) is 9.10 Å². The van der Waals surface area contributed by atoms with Crippen LogP contribution in [0.5, 0.6) is 0 Å². The fourth-order valence-electron chi connectivity index (χ4n) is 3.97. The third kappa shape index (κ3) is 5.53. The molecule has 0 saturated carbocycles. The van der Waals surface area contributed by atoms with Gasteiger partial charge in [0.05, 0.1) is 25.4 Å².